The van der Waals surface area contributed by atoms with Crippen LogP contribution in [-0.2, 0) is 27.5 Å². The summed E-state index contributed by atoms with van der Waals surface area (Å²) in [5.41, 5.74) is 0. The number of aliphatic carboxylic acids is 1. The van der Waals surface area contributed by atoms with Crippen molar-refractivity contribution in [3.63, 3.8) is 0 Å². The summed E-state index contributed by atoms with van der Waals surface area (Å²) in [6.45, 7) is -0.0979. The van der Waals surface area contributed by atoms with Gasteiger partial charge in [0.05, 0.1) is 19.3 Å². The van der Waals surface area contributed by atoms with Gasteiger partial charge in [-0.15, -0.1) is 10.2 Å². The third kappa shape index (κ3) is 4.00. The summed E-state index contributed by atoms with van der Waals surface area (Å²) in [5.74, 6) is -1.26. The highest BCUT2D eigenvalue weighted by atomic mass is 32.2. The molecular formula is C9H13N3O5S. The maximum atomic E-state index is 11.0. The topological polar surface area (TPSA) is 115 Å². The van der Waals surface area contributed by atoms with Gasteiger partial charge in [0.15, 0.2) is 11.0 Å². The van der Waals surface area contributed by atoms with Crippen molar-refractivity contribution in [2.24, 2.45) is 0 Å². The van der Waals surface area contributed by atoms with Gasteiger partial charge in [-0.1, -0.05) is 11.8 Å². The number of carboxylic acids is 1. The highest BCUT2D eigenvalue weighted by Crippen LogP contribution is 2.17. The number of nitrogens with zero attached hydrogens (tertiary/aromatic N) is 3. The minimum atomic E-state index is -0.979. The van der Waals surface area contributed by atoms with Gasteiger partial charge >= 0.3 is 11.9 Å². The average molecular weight is 275 g/mol. The summed E-state index contributed by atoms with van der Waals surface area (Å²) < 4.78 is 6.01. The zero-order chi connectivity index (χ0) is 13.5. The molecule has 0 radical (unpaired) electrons. The summed E-state index contributed by atoms with van der Waals surface area (Å²) >= 11 is 0.977. The van der Waals surface area contributed by atoms with Crippen molar-refractivity contribution in [2.45, 2.75) is 24.7 Å². The van der Waals surface area contributed by atoms with Gasteiger partial charge in [0.25, 0.3) is 0 Å². The standard InChI is InChI=1S/C9H13N3O5S/c1-17-8(16)2-3-12-6(4-13)10-11-9(12)18-5-7(14)15/h13H,2-5H2,1H3,(H,14,15). The highest BCUT2D eigenvalue weighted by Gasteiger charge is 2.14. The molecule has 0 aliphatic rings. The van der Waals surface area contributed by atoms with Crippen molar-refractivity contribution >= 4 is 23.7 Å². The first-order valence-corrected chi connectivity index (χ1v) is 6.01. The Bertz CT molecular complexity index is 434. The predicted octanol–water partition coefficient (Wildman–Crippen LogP) is -0.490. The Morgan fingerprint density at radius 2 is 2.17 bits per heavy atom. The average Bonchev–Trinajstić information content (AvgIpc) is 2.75. The van der Waals surface area contributed by atoms with Crippen LogP contribution >= 0.6 is 11.8 Å². The molecule has 0 bridgehead atoms. The molecule has 0 amide bonds. The van der Waals surface area contributed by atoms with E-state index in [1.807, 2.05) is 0 Å². The second-order valence-corrected chi connectivity index (χ2v) is 4.16. The molecule has 9 heteroatoms. The van der Waals surface area contributed by atoms with Crippen molar-refractivity contribution < 1.29 is 24.5 Å². The fourth-order valence-corrected chi connectivity index (χ4v) is 1.90. The lowest BCUT2D eigenvalue weighted by Gasteiger charge is -2.07. The van der Waals surface area contributed by atoms with Crippen LogP contribution in [0.15, 0.2) is 5.16 Å². The Labute approximate surface area is 107 Å². The zero-order valence-corrected chi connectivity index (χ0v) is 10.5. The summed E-state index contributed by atoms with van der Waals surface area (Å²) in [7, 11) is 1.28. The van der Waals surface area contributed by atoms with Crippen LogP contribution in [0.1, 0.15) is 12.2 Å². The molecule has 0 saturated carbocycles. The number of esters is 1. The highest BCUT2D eigenvalue weighted by molar-refractivity contribution is 7.99. The minimum Gasteiger partial charge on any atom is -0.481 e. The van der Waals surface area contributed by atoms with Crippen molar-refractivity contribution in [1.82, 2.24) is 14.8 Å². The van der Waals surface area contributed by atoms with Crippen LogP contribution in [-0.4, -0.2) is 49.8 Å². The molecule has 1 aromatic heterocycles. The first kappa shape index (κ1) is 14.5. The Balaban J connectivity index is 2.74. The monoisotopic (exact) mass is 275 g/mol. The number of rotatable bonds is 7. The third-order valence-electron chi connectivity index (χ3n) is 2.03. The number of aliphatic hydroxyl groups excluding tert-OH is 1. The molecule has 0 aliphatic carbocycles. The Morgan fingerprint density at radius 3 is 2.72 bits per heavy atom. The van der Waals surface area contributed by atoms with Gasteiger partial charge in [-0.05, 0) is 0 Å². The number of hydrogen-bond acceptors (Lipinski definition) is 7. The maximum absolute atomic E-state index is 11.0. The molecule has 0 aromatic carbocycles. The molecule has 0 unspecified atom stereocenters. The molecule has 1 aromatic rings. The fourth-order valence-electron chi connectivity index (χ4n) is 1.20. The first-order valence-electron chi connectivity index (χ1n) is 5.02. The van der Waals surface area contributed by atoms with Crippen molar-refractivity contribution in [1.29, 1.82) is 0 Å². The number of methoxy groups -OCH3 is 1. The Morgan fingerprint density at radius 1 is 1.44 bits per heavy atom. The van der Waals surface area contributed by atoms with Crippen LogP contribution in [0.5, 0.6) is 0 Å². The number of ether oxygens (including phenoxy) is 1. The molecule has 0 atom stereocenters. The number of thioether (sulfide) groups is 1. The van der Waals surface area contributed by atoms with E-state index in [0.717, 1.165) is 11.8 Å². The minimum absolute atomic E-state index is 0.0994. The molecule has 100 valence electrons. The van der Waals surface area contributed by atoms with Gasteiger partial charge in [0.1, 0.15) is 6.61 Å². The number of aliphatic hydroxyl groups is 1. The number of carbonyl (C=O) groups is 2. The van der Waals surface area contributed by atoms with Gasteiger partial charge in [-0.25, -0.2) is 0 Å². The Hall–Kier alpha value is -1.61. The van der Waals surface area contributed by atoms with Crippen LogP contribution in [0.25, 0.3) is 0 Å². The lowest BCUT2D eigenvalue weighted by Crippen LogP contribution is -2.11. The third-order valence-corrected chi connectivity index (χ3v) is 2.98. The quantitative estimate of drug-likeness (QED) is 0.506. The SMILES string of the molecule is COC(=O)CCn1c(CO)nnc1SCC(=O)O. The molecule has 0 saturated heterocycles. The van der Waals surface area contributed by atoms with E-state index < -0.39 is 11.9 Å². The van der Waals surface area contributed by atoms with Crippen molar-refractivity contribution in [3.05, 3.63) is 5.82 Å². The zero-order valence-electron chi connectivity index (χ0n) is 9.70. The van der Waals surface area contributed by atoms with Gasteiger partial charge in [-0.3, -0.25) is 9.59 Å². The summed E-state index contributed by atoms with van der Waals surface area (Å²) in [5, 5.41) is 25.5. The number of carbonyl (C=O) groups excluding carboxylic acids is 1. The molecule has 1 rings (SSSR count). The van der Waals surface area contributed by atoms with Crippen molar-refractivity contribution in [3.8, 4) is 0 Å². The number of carboxylic acid groups (broad SMARTS) is 1. The van der Waals surface area contributed by atoms with E-state index in [1.54, 1.807) is 0 Å². The lowest BCUT2D eigenvalue weighted by atomic mass is 10.4. The summed E-state index contributed by atoms with van der Waals surface area (Å²) in [6, 6.07) is 0. The number of aromatic nitrogens is 3. The molecule has 0 aliphatic heterocycles. The van der Waals surface area contributed by atoms with Gasteiger partial charge in [0.2, 0.25) is 0 Å². The van der Waals surface area contributed by atoms with Gasteiger partial charge < -0.3 is 19.5 Å². The molecule has 0 fully saturated rings. The maximum Gasteiger partial charge on any atom is 0.313 e. The van der Waals surface area contributed by atoms with Crippen LogP contribution < -0.4 is 0 Å². The van der Waals surface area contributed by atoms with Gasteiger partial charge in [-0.2, -0.15) is 0 Å². The number of hydrogen-bond donors (Lipinski definition) is 2. The Kier molecular flexibility index (Phi) is 5.59. The first-order chi connectivity index (χ1) is 8.58. The van der Waals surface area contributed by atoms with Crippen LogP contribution in [0.3, 0.4) is 0 Å². The van der Waals surface area contributed by atoms with Gasteiger partial charge in [0, 0.05) is 6.54 Å². The lowest BCUT2D eigenvalue weighted by molar-refractivity contribution is -0.141. The van der Waals surface area contributed by atoms with E-state index in [0.29, 0.717) is 5.16 Å². The summed E-state index contributed by atoms with van der Waals surface area (Å²) in [4.78, 5) is 21.5. The van der Waals surface area contributed by atoms with E-state index in [-0.39, 0.29) is 31.1 Å². The van der Waals surface area contributed by atoms with E-state index >= 15 is 0 Å². The fraction of sp³-hybridized carbons (Fsp3) is 0.556. The molecule has 18 heavy (non-hydrogen) atoms. The van der Waals surface area contributed by atoms with E-state index in [9.17, 15) is 9.59 Å². The predicted molar refractivity (Wildman–Crippen MR) is 60.9 cm³/mol. The second kappa shape index (κ2) is 6.97. The summed E-state index contributed by atoms with van der Waals surface area (Å²) in [6.07, 6.45) is 0.0994. The van der Waals surface area contributed by atoms with Crippen LogP contribution in [0.4, 0.5) is 0 Å². The largest absolute Gasteiger partial charge is 0.481 e. The van der Waals surface area contributed by atoms with Crippen LogP contribution in [0.2, 0.25) is 0 Å². The van der Waals surface area contributed by atoms with E-state index in [4.69, 9.17) is 10.2 Å². The molecule has 2 N–H and O–H groups in total. The molecular weight excluding hydrogens is 262 g/mol. The van der Waals surface area contributed by atoms with E-state index in [1.165, 1.54) is 11.7 Å². The second-order valence-electron chi connectivity index (χ2n) is 3.22. The van der Waals surface area contributed by atoms with E-state index in [2.05, 4.69) is 14.9 Å². The normalized spacial score (nSPS) is 10.3. The molecule has 1 heterocycles. The smallest absolute Gasteiger partial charge is 0.313 e. The van der Waals surface area contributed by atoms with Crippen molar-refractivity contribution in [2.75, 3.05) is 12.9 Å². The molecule has 8 nitrogen and oxygen atoms in total. The van der Waals surface area contributed by atoms with Crippen LogP contribution in [0, 0.1) is 0 Å². The molecule has 0 spiro atoms.